The number of hydrogen-bond acceptors (Lipinski definition) is 2. The van der Waals surface area contributed by atoms with Crippen LogP contribution in [-0.4, -0.2) is 0 Å². The monoisotopic (exact) mass is 752 g/mol. The van der Waals surface area contributed by atoms with Gasteiger partial charge in [0.25, 0.3) is 0 Å². The third-order valence-electron chi connectivity index (χ3n) is 12.7. The van der Waals surface area contributed by atoms with Gasteiger partial charge in [-0.1, -0.05) is 151 Å². The molecule has 12 rings (SSSR count). The van der Waals surface area contributed by atoms with E-state index >= 15 is 0 Å². The third-order valence-corrected chi connectivity index (χ3v) is 12.7. The summed E-state index contributed by atoms with van der Waals surface area (Å²) >= 11 is 0. The van der Waals surface area contributed by atoms with E-state index in [9.17, 15) is 0 Å². The maximum atomic E-state index is 2.47. The van der Waals surface area contributed by atoms with E-state index in [0.29, 0.717) is 0 Å². The number of anilines is 6. The Bertz CT molecular complexity index is 3210. The van der Waals surface area contributed by atoms with Crippen LogP contribution in [0.25, 0.3) is 54.6 Å². The van der Waals surface area contributed by atoms with Gasteiger partial charge in [0.15, 0.2) is 0 Å². The highest BCUT2D eigenvalue weighted by Gasteiger charge is 2.27. The lowest BCUT2D eigenvalue weighted by atomic mass is 9.84. The summed E-state index contributed by atoms with van der Waals surface area (Å²) in [5.74, 6) is 0. The lowest BCUT2D eigenvalue weighted by Gasteiger charge is -2.34. The molecule has 59 heavy (non-hydrogen) atoms. The molecule has 0 N–H and O–H groups in total. The number of benzene rings is 10. The molecule has 2 aliphatic heterocycles. The smallest absolute Gasteiger partial charge is 0.0497 e. The Morgan fingerprint density at radius 1 is 0.322 bits per heavy atom. The van der Waals surface area contributed by atoms with Crippen LogP contribution in [0, 0.1) is 6.92 Å². The predicted octanol–water partition coefficient (Wildman–Crippen LogP) is 15.5. The summed E-state index contributed by atoms with van der Waals surface area (Å²) in [5, 5.41) is 7.44. The highest BCUT2D eigenvalue weighted by atomic mass is 15.2. The van der Waals surface area contributed by atoms with Crippen molar-refractivity contribution in [2.45, 2.75) is 19.8 Å². The third kappa shape index (κ3) is 5.41. The average molecular weight is 753 g/mol. The molecule has 0 bridgehead atoms. The number of fused-ring (bicyclic) bond motifs is 7. The van der Waals surface area contributed by atoms with Gasteiger partial charge in [-0.25, -0.2) is 0 Å². The quantitative estimate of drug-likeness (QED) is 0.165. The molecular weight excluding hydrogens is 713 g/mol. The molecule has 2 aliphatic rings. The topological polar surface area (TPSA) is 6.48 Å². The highest BCUT2D eigenvalue weighted by Crippen LogP contribution is 2.51. The number of nitrogens with zero attached hydrogens (tertiary/aromatic N) is 2. The second kappa shape index (κ2) is 13.3. The number of rotatable bonds is 4. The van der Waals surface area contributed by atoms with Gasteiger partial charge >= 0.3 is 0 Å². The fourth-order valence-electron chi connectivity index (χ4n) is 9.91. The van der Waals surface area contributed by atoms with Crippen molar-refractivity contribution in [2.24, 2.45) is 0 Å². The van der Waals surface area contributed by atoms with Crippen molar-refractivity contribution in [3.05, 3.63) is 228 Å². The van der Waals surface area contributed by atoms with Crippen LogP contribution >= 0.6 is 0 Å². The van der Waals surface area contributed by atoms with Gasteiger partial charge in [-0.3, -0.25) is 0 Å². The van der Waals surface area contributed by atoms with Gasteiger partial charge in [0, 0.05) is 47.0 Å². The van der Waals surface area contributed by atoms with Crippen molar-refractivity contribution in [1.29, 1.82) is 0 Å². The lowest BCUT2D eigenvalue weighted by Crippen LogP contribution is -2.18. The predicted molar refractivity (Wildman–Crippen MR) is 250 cm³/mol. The first-order valence-electron chi connectivity index (χ1n) is 20.7. The van der Waals surface area contributed by atoms with Gasteiger partial charge in [-0.15, -0.1) is 0 Å². The van der Waals surface area contributed by atoms with E-state index in [2.05, 4.69) is 217 Å². The van der Waals surface area contributed by atoms with Gasteiger partial charge < -0.3 is 9.80 Å². The molecule has 0 aromatic heterocycles. The molecule has 278 valence electrons. The van der Waals surface area contributed by atoms with E-state index in [-0.39, 0.29) is 0 Å². The van der Waals surface area contributed by atoms with E-state index in [4.69, 9.17) is 0 Å². The Morgan fingerprint density at radius 2 is 0.729 bits per heavy atom. The van der Waals surface area contributed by atoms with Crippen LogP contribution in [0.15, 0.2) is 200 Å². The summed E-state index contributed by atoms with van der Waals surface area (Å²) in [6, 6.07) is 74.8. The Labute approximate surface area is 344 Å². The van der Waals surface area contributed by atoms with Gasteiger partial charge in [0.05, 0.1) is 0 Å². The minimum atomic E-state index is 0.926. The molecule has 0 saturated carbocycles. The molecule has 10 aromatic rings. The summed E-state index contributed by atoms with van der Waals surface area (Å²) in [7, 11) is 0. The lowest BCUT2D eigenvalue weighted by molar-refractivity contribution is 1.09. The first kappa shape index (κ1) is 33.7. The number of hydrogen-bond donors (Lipinski definition) is 0. The zero-order chi connectivity index (χ0) is 39.0. The van der Waals surface area contributed by atoms with E-state index < -0.39 is 0 Å². The number of aryl methyl sites for hydroxylation is 1. The normalized spacial score (nSPS) is 13.0. The summed E-state index contributed by atoms with van der Waals surface area (Å²) in [6.45, 7) is 2.17. The fraction of sp³-hybridized carbons (Fsp3) is 0.0526. The van der Waals surface area contributed by atoms with Crippen LogP contribution in [0.4, 0.5) is 34.1 Å². The second-order valence-corrected chi connectivity index (χ2v) is 16.2. The summed E-state index contributed by atoms with van der Waals surface area (Å²) in [6.07, 6.45) is 1.85. The molecule has 2 heterocycles. The molecule has 0 aliphatic carbocycles. The molecule has 0 atom stereocenters. The Morgan fingerprint density at radius 3 is 1.22 bits per heavy atom. The molecule has 0 saturated heterocycles. The van der Waals surface area contributed by atoms with Crippen LogP contribution < -0.4 is 9.80 Å². The Hall–Kier alpha value is -7.42. The SMILES string of the molecule is Cc1ccc(-c2c3ccc(N4c5ccccc5Cc5ccccc54)cc3c(-c3ccc4ccccc4c3)c3ccc(N4c5ccccc5Cc5ccccc54)cc23)cc1. The van der Waals surface area contributed by atoms with Crippen molar-refractivity contribution < 1.29 is 0 Å². The zero-order valence-electron chi connectivity index (χ0n) is 32.9. The van der Waals surface area contributed by atoms with Crippen LogP contribution in [0.1, 0.15) is 27.8 Å². The van der Waals surface area contributed by atoms with Gasteiger partial charge in [-0.2, -0.15) is 0 Å². The van der Waals surface area contributed by atoms with Crippen molar-refractivity contribution in [1.82, 2.24) is 0 Å². The molecule has 0 fully saturated rings. The first-order valence-corrected chi connectivity index (χ1v) is 20.7. The van der Waals surface area contributed by atoms with Gasteiger partial charge in [-0.05, 0) is 138 Å². The highest BCUT2D eigenvalue weighted by molar-refractivity contribution is 6.23. The first-order chi connectivity index (χ1) is 29.2. The molecule has 0 amide bonds. The minimum absolute atomic E-state index is 0.926. The van der Waals surface area contributed by atoms with Crippen LogP contribution in [0.3, 0.4) is 0 Å². The van der Waals surface area contributed by atoms with Gasteiger partial charge in [0.2, 0.25) is 0 Å². The largest absolute Gasteiger partial charge is 0.310 e. The van der Waals surface area contributed by atoms with Crippen molar-refractivity contribution in [3.8, 4) is 22.3 Å². The summed E-state index contributed by atoms with van der Waals surface area (Å²) in [4.78, 5) is 4.95. The fourth-order valence-corrected chi connectivity index (χ4v) is 9.91. The Kier molecular flexibility index (Phi) is 7.61. The molecule has 0 radical (unpaired) electrons. The van der Waals surface area contributed by atoms with Crippen molar-refractivity contribution in [3.63, 3.8) is 0 Å². The number of para-hydroxylation sites is 4. The maximum Gasteiger partial charge on any atom is 0.0497 e. The van der Waals surface area contributed by atoms with E-state index in [0.717, 1.165) is 24.2 Å². The summed E-state index contributed by atoms with van der Waals surface area (Å²) in [5.41, 5.74) is 18.8. The van der Waals surface area contributed by atoms with E-state index in [1.165, 1.54) is 105 Å². The standard InChI is InChI=1S/C57H40N2/c1-37-22-24-39(25-23-37)56-48-30-28-47(59-54-20-10-6-16-43(54)34-44-17-7-11-21-55(44)59)36-51(48)57(45-27-26-38-12-2-3-13-40(38)32-45)49-31-29-46(35-50(49)56)58-52-18-8-4-14-41(52)33-42-15-5-9-19-53(42)58/h2-32,35-36H,33-34H2,1H3. The second-order valence-electron chi connectivity index (χ2n) is 16.2. The molecule has 2 nitrogen and oxygen atoms in total. The van der Waals surface area contributed by atoms with E-state index in [1.54, 1.807) is 0 Å². The van der Waals surface area contributed by atoms with Crippen LogP contribution in [0.2, 0.25) is 0 Å². The van der Waals surface area contributed by atoms with Gasteiger partial charge in [0.1, 0.15) is 0 Å². The van der Waals surface area contributed by atoms with Crippen LogP contribution in [0.5, 0.6) is 0 Å². The van der Waals surface area contributed by atoms with Crippen molar-refractivity contribution >= 4 is 66.4 Å². The van der Waals surface area contributed by atoms with Crippen LogP contribution in [-0.2, 0) is 12.8 Å². The zero-order valence-corrected chi connectivity index (χ0v) is 32.9. The molecule has 0 unspecified atom stereocenters. The summed E-state index contributed by atoms with van der Waals surface area (Å²) < 4.78 is 0. The maximum absolute atomic E-state index is 2.47. The molecule has 0 spiro atoms. The minimum Gasteiger partial charge on any atom is -0.310 e. The van der Waals surface area contributed by atoms with Crippen molar-refractivity contribution in [2.75, 3.05) is 9.80 Å². The molecule has 2 heteroatoms. The molecular formula is C57H40N2. The van der Waals surface area contributed by atoms with E-state index in [1.807, 2.05) is 0 Å². The Balaban J connectivity index is 1.19. The molecule has 10 aromatic carbocycles. The average Bonchev–Trinajstić information content (AvgIpc) is 3.29.